The van der Waals surface area contributed by atoms with Crippen LogP contribution < -0.4 is 0 Å². The fourth-order valence-corrected chi connectivity index (χ4v) is 1.75. The van der Waals surface area contributed by atoms with E-state index in [1.54, 1.807) is 12.4 Å². The Morgan fingerprint density at radius 3 is 2.79 bits per heavy atom. The minimum absolute atomic E-state index is 0.855. The van der Waals surface area contributed by atoms with Crippen LogP contribution in [0.3, 0.4) is 0 Å². The largest absolute Gasteiger partial charge is 0.256 e. The zero-order valence-corrected chi connectivity index (χ0v) is 10.2. The third-order valence-corrected chi connectivity index (χ3v) is 3.66. The summed E-state index contributed by atoms with van der Waals surface area (Å²) in [4.78, 5) is 8.21. The van der Waals surface area contributed by atoms with Crippen LogP contribution in [-0.2, 0) is 0 Å². The molecule has 2 heterocycles. The van der Waals surface area contributed by atoms with E-state index in [1.165, 1.54) is 0 Å². The highest BCUT2D eigenvalue weighted by Crippen LogP contribution is 2.31. The van der Waals surface area contributed by atoms with Gasteiger partial charge >= 0.3 is 0 Å². The average molecular weight is 313 g/mol. The number of hydrogen-bond acceptors (Lipinski definition) is 2. The quantitative estimate of drug-likeness (QED) is 0.806. The first kappa shape index (κ1) is 9.80. The first-order valence-corrected chi connectivity index (χ1v) is 5.50. The van der Waals surface area contributed by atoms with Crippen molar-refractivity contribution in [2.45, 2.75) is 0 Å². The van der Waals surface area contributed by atoms with E-state index in [9.17, 15) is 0 Å². The second-order valence-corrected chi connectivity index (χ2v) is 4.27. The monoisotopic (exact) mass is 311 g/mol. The lowest BCUT2D eigenvalue weighted by atomic mass is 10.2. The second-order valence-electron chi connectivity index (χ2n) is 2.62. The first-order chi connectivity index (χ1) is 6.79. The fraction of sp³-hybridized carbons (Fsp3) is 0. The summed E-state index contributed by atoms with van der Waals surface area (Å²) in [7, 11) is 0. The minimum atomic E-state index is 0.855. The van der Waals surface area contributed by atoms with Crippen molar-refractivity contribution in [3.63, 3.8) is 0 Å². The molecule has 0 saturated carbocycles. The number of hydrogen-bond donors (Lipinski definition) is 0. The van der Waals surface area contributed by atoms with Gasteiger partial charge in [-0.1, -0.05) is 6.07 Å². The molecule has 0 spiro atoms. The fourth-order valence-electron chi connectivity index (χ4n) is 1.06. The van der Waals surface area contributed by atoms with Crippen LogP contribution in [0.15, 0.2) is 39.5 Å². The maximum Gasteiger partial charge on any atom is 0.0999 e. The lowest BCUT2D eigenvalue weighted by Crippen LogP contribution is -1.86. The Labute approximate surface area is 98.7 Å². The standard InChI is InChI=1S/C10H5Br2N2/c11-8-6-13-5-7(10(8)12)9-3-1-2-4-14-9/h1-4,6H. The Kier molecular flexibility index (Phi) is 2.93. The predicted molar refractivity (Wildman–Crippen MR) is 61.7 cm³/mol. The van der Waals surface area contributed by atoms with E-state index >= 15 is 0 Å². The van der Waals surface area contributed by atoms with Gasteiger partial charge in [0, 0.05) is 22.4 Å². The molecular weight excluding hydrogens is 308 g/mol. The van der Waals surface area contributed by atoms with Gasteiger partial charge in [-0.25, -0.2) is 0 Å². The van der Waals surface area contributed by atoms with Crippen LogP contribution in [0.1, 0.15) is 0 Å². The molecule has 0 N–H and O–H groups in total. The molecule has 0 saturated heterocycles. The van der Waals surface area contributed by atoms with Crippen LogP contribution in [-0.4, -0.2) is 9.97 Å². The van der Waals surface area contributed by atoms with Gasteiger partial charge in [0.2, 0.25) is 0 Å². The Morgan fingerprint density at radius 1 is 1.21 bits per heavy atom. The van der Waals surface area contributed by atoms with E-state index in [1.807, 2.05) is 18.2 Å². The van der Waals surface area contributed by atoms with Gasteiger partial charge in [0.15, 0.2) is 0 Å². The van der Waals surface area contributed by atoms with Crippen molar-refractivity contribution in [3.05, 3.63) is 45.7 Å². The molecule has 2 aromatic heterocycles. The number of rotatable bonds is 1. The van der Waals surface area contributed by atoms with Gasteiger partial charge in [-0.2, -0.15) is 0 Å². The Hall–Kier alpha value is -0.740. The summed E-state index contributed by atoms with van der Waals surface area (Å²) >= 11 is 6.84. The molecule has 4 heteroatoms. The number of halogens is 2. The van der Waals surface area contributed by atoms with Gasteiger partial charge in [-0.3, -0.25) is 9.97 Å². The highest BCUT2D eigenvalue weighted by molar-refractivity contribution is 9.13. The van der Waals surface area contributed by atoms with Crippen LogP contribution >= 0.6 is 31.9 Å². The van der Waals surface area contributed by atoms with E-state index < -0.39 is 0 Å². The Morgan fingerprint density at radius 2 is 2.07 bits per heavy atom. The average Bonchev–Trinajstić information content (AvgIpc) is 2.23. The molecule has 0 bridgehead atoms. The van der Waals surface area contributed by atoms with Gasteiger partial charge in [0.05, 0.1) is 16.4 Å². The molecule has 1 radical (unpaired) electrons. The van der Waals surface area contributed by atoms with Gasteiger partial charge in [0.25, 0.3) is 0 Å². The van der Waals surface area contributed by atoms with Crippen LogP contribution in [0.2, 0.25) is 0 Å². The number of pyridine rings is 2. The van der Waals surface area contributed by atoms with E-state index in [2.05, 4.69) is 48.0 Å². The molecular formula is C10H5Br2N2. The molecule has 0 fully saturated rings. The summed E-state index contributed by atoms with van der Waals surface area (Å²) in [6.07, 6.45) is 6.34. The summed E-state index contributed by atoms with van der Waals surface area (Å²) in [6, 6.07) is 5.73. The van der Waals surface area contributed by atoms with E-state index in [-0.39, 0.29) is 0 Å². The maximum absolute atomic E-state index is 4.23. The summed E-state index contributed by atoms with van der Waals surface area (Å²) in [5.74, 6) is 0. The van der Waals surface area contributed by atoms with Crippen molar-refractivity contribution in [3.8, 4) is 11.3 Å². The van der Waals surface area contributed by atoms with Gasteiger partial charge in [-0.15, -0.1) is 0 Å². The summed E-state index contributed by atoms with van der Waals surface area (Å²) in [5, 5.41) is 0. The smallest absolute Gasteiger partial charge is 0.0999 e. The molecule has 2 aromatic rings. The van der Waals surface area contributed by atoms with Crippen molar-refractivity contribution in [1.29, 1.82) is 0 Å². The summed E-state index contributed by atoms with van der Waals surface area (Å²) < 4.78 is 1.82. The van der Waals surface area contributed by atoms with Crippen molar-refractivity contribution >= 4 is 31.9 Å². The normalized spacial score (nSPS) is 10.1. The highest BCUT2D eigenvalue weighted by atomic mass is 79.9. The lowest BCUT2D eigenvalue weighted by Gasteiger charge is -2.03. The van der Waals surface area contributed by atoms with Crippen LogP contribution in [0.4, 0.5) is 0 Å². The van der Waals surface area contributed by atoms with Gasteiger partial charge in [0.1, 0.15) is 0 Å². The number of aromatic nitrogens is 2. The predicted octanol–water partition coefficient (Wildman–Crippen LogP) is 3.47. The molecule has 0 aliphatic carbocycles. The second kappa shape index (κ2) is 4.19. The molecule has 69 valence electrons. The molecule has 0 aromatic carbocycles. The zero-order valence-electron chi connectivity index (χ0n) is 7.04. The van der Waals surface area contributed by atoms with Gasteiger partial charge < -0.3 is 0 Å². The Bertz CT molecular complexity index is 443. The van der Waals surface area contributed by atoms with E-state index in [0.717, 1.165) is 20.2 Å². The minimum Gasteiger partial charge on any atom is -0.256 e. The molecule has 2 rings (SSSR count). The van der Waals surface area contributed by atoms with E-state index in [4.69, 9.17) is 0 Å². The molecule has 0 amide bonds. The summed E-state index contributed by atoms with van der Waals surface area (Å²) in [5.41, 5.74) is 1.72. The summed E-state index contributed by atoms with van der Waals surface area (Å²) in [6.45, 7) is 0. The molecule has 0 aliphatic rings. The molecule has 14 heavy (non-hydrogen) atoms. The van der Waals surface area contributed by atoms with E-state index in [0.29, 0.717) is 0 Å². The van der Waals surface area contributed by atoms with Gasteiger partial charge in [-0.05, 0) is 44.0 Å². The van der Waals surface area contributed by atoms with Crippen LogP contribution in [0.25, 0.3) is 11.3 Å². The van der Waals surface area contributed by atoms with Crippen molar-refractivity contribution in [1.82, 2.24) is 9.97 Å². The zero-order chi connectivity index (χ0) is 9.97. The highest BCUT2D eigenvalue weighted by Gasteiger charge is 2.07. The van der Waals surface area contributed by atoms with Crippen molar-refractivity contribution in [2.75, 3.05) is 0 Å². The maximum atomic E-state index is 4.23. The molecule has 0 atom stereocenters. The van der Waals surface area contributed by atoms with Crippen LogP contribution in [0, 0.1) is 6.20 Å². The molecule has 0 unspecified atom stereocenters. The molecule has 0 aliphatic heterocycles. The molecule has 2 nitrogen and oxygen atoms in total. The number of nitrogens with zero attached hydrogens (tertiary/aromatic N) is 2. The Balaban J connectivity index is 2.58. The topological polar surface area (TPSA) is 25.8 Å². The van der Waals surface area contributed by atoms with Crippen molar-refractivity contribution in [2.24, 2.45) is 0 Å². The third kappa shape index (κ3) is 1.86. The van der Waals surface area contributed by atoms with Crippen molar-refractivity contribution < 1.29 is 0 Å². The third-order valence-electron chi connectivity index (χ3n) is 1.70. The van der Waals surface area contributed by atoms with Crippen LogP contribution in [0.5, 0.6) is 0 Å². The SMILES string of the molecule is Brc1cn[c]c(-c2ccccn2)c1Br. The first-order valence-electron chi connectivity index (χ1n) is 3.92. The lowest BCUT2D eigenvalue weighted by molar-refractivity contribution is 1.24.